The molecule has 0 bridgehead atoms. The van der Waals surface area contributed by atoms with Crippen molar-refractivity contribution in [3.05, 3.63) is 78.3 Å². The summed E-state index contributed by atoms with van der Waals surface area (Å²) in [6, 6.07) is 15.6. The largest absolute Gasteiger partial charge is 0.459 e. The van der Waals surface area contributed by atoms with Gasteiger partial charge in [0.15, 0.2) is 11.7 Å². The number of hydrogen-bond donors (Lipinski definition) is 0. The summed E-state index contributed by atoms with van der Waals surface area (Å²) >= 11 is 0. The molecule has 4 aromatic rings. The molecule has 5 nitrogen and oxygen atoms in total. The number of rotatable bonds is 6. The van der Waals surface area contributed by atoms with Crippen molar-refractivity contribution in [1.29, 1.82) is 0 Å². The quantitative estimate of drug-likeness (QED) is 0.442. The van der Waals surface area contributed by atoms with Crippen molar-refractivity contribution in [2.45, 2.75) is 25.8 Å². The van der Waals surface area contributed by atoms with Crippen molar-refractivity contribution in [3.8, 4) is 11.3 Å². The lowest BCUT2D eigenvalue weighted by molar-refractivity contribution is -0.132. The number of benzene rings is 2. The second-order valence-electron chi connectivity index (χ2n) is 6.99. The molecule has 1 atom stereocenters. The molecule has 2 heterocycles. The summed E-state index contributed by atoms with van der Waals surface area (Å²) in [6.07, 6.45) is 2.25. The fourth-order valence-electron chi connectivity index (χ4n) is 3.18. The van der Waals surface area contributed by atoms with Crippen molar-refractivity contribution >= 4 is 16.9 Å². The van der Waals surface area contributed by atoms with Crippen LogP contribution in [0.2, 0.25) is 0 Å². The predicted molar refractivity (Wildman–Crippen MR) is 108 cm³/mol. The Bertz CT molecular complexity index is 1100. The number of amides is 1. The molecule has 1 unspecified atom stereocenters. The van der Waals surface area contributed by atoms with Gasteiger partial charge in [-0.15, -0.1) is 0 Å². The average molecular weight is 392 g/mol. The first-order valence-electron chi connectivity index (χ1n) is 9.46. The van der Waals surface area contributed by atoms with E-state index in [4.69, 9.17) is 8.83 Å². The molecular formula is C23H21FN2O3. The second kappa shape index (κ2) is 7.91. The van der Waals surface area contributed by atoms with E-state index < -0.39 is 0 Å². The molecule has 0 radical (unpaired) electrons. The third kappa shape index (κ3) is 4.06. The number of aromatic nitrogens is 1. The molecule has 0 saturated carbocycles. The number of aryl methyl sites for hydroxylation is 1. The van der Waals surface area contributed by atoms with E-state index in [0.29, 0.717) is 18.1 Å². The van der Waals surface area contributed by atoms with Crippen LogP contribution in [0.25, 0.3) is 22.3 Å². The molecule has 0 fully saturated rings. The standard InChI is InChI=1S/C23H21FN2O3/c1-15(20-13-17-5-3-4-6-19(17)28-20)26(2)23(27)12-11-22-25-14-21(29-22)16-7-9-18(24)10-8-16/h3-10,13-15H,11-12H2,1-2H3. The van der Waals surface area contributed by atoms with E-state index in [1.54, 1.807) is 30.3 Å². The van der Waals surface area contributed by atoms with Crippen molar-refractivity contribution in [2.24, 2.45) is 0 Å². The van der Waals surface area contributed by atoms with Crippen LogP contribution in [0.1, 0.15) is 31.0 Å². The fraction of sp³-hybridized carbons (Fsp3) is 0.217. The van der Waals surface area contributed by atoms with E-state index >= 15 is 0 Å². The molecule has 2 aromatic heterocycles. The number of nitrogens with zero attached hydrogens (tertiary/aromatic N) is 2. The number of hydrogen-bond acceptors (Lipinski definition) is 4. The first-order valence-corrected chi connectivity index (χ1v) is 9.46. The molecular weight excluding hydrogens is 371 g/mol. The fourth-order valence-corrected chi connectivity index (χ4v) is 3.18. The molecule has 0 spiro atoms. The Morgan fingerprint density at radius 3 is 2.66 bits per heavy atom. The van der Waals surface area contributed by atoms with E-state index in [-0.39, 0.29) is 24.2 Å². The summed E-state index contributed by atoms with van der Waals surface area (Å²) in [5.41, 5.74) is 1.55. The van der Waals surface area contributed by atoms with Gasteiger partial charge >= 0.3 is 0 Å². The van der Waals surface area contributed by atoms with Crippen LogP contribution in [0.4, 0.5) is 4.39 Å². The van der Waals surface area contributed by atoms with Gasteiger partial charge in [-0.3, -0.25) is 4.79 Å². The molecule has 1 amide bonds. The van der Waals surface area contributed by atoms with Gasteiger partial charge in [-0.05, 0) is 43.3 Å². The Morgan fingerprint density at radius 2 is 1.90 bits per heavy atom. The number of halogens is 1. The number of fused-ring (bicyclic) bond motifs is 1. The van der Waals surface area contributed by atoms with E-state index in [0.717, 1.165) is 22.3 Å². The molecule has 4 rings (SSSR count). The van der Waals surface area contributed by atoms with E-state index in [1.807, 2.05) is 37.3 Å². The van der Waals surface area contributed by atoms with E-state index in [9.17, 15) is 9.18 Å². The molecule has 0 N–H and O–H groups in total. The Hall–Kier alpha value is -3.41. The lowest BCUT2D eigenvalue weighted by atomic mass is 10.2. The van der Waals surface area contributed by atoms with Crippen LogP contribution in [-0.4, -0.2) is 22.8 Å². The highest BCUT2D eigenvalue weighted by Gasteiger charge is 2.21. The van der Waals surface area contributed by atoms with Gasteiger partial charge in [0.2, 0.25) is 5.91 Å². The van der Waals surface area contributed by atoms with Gasteiger partial charge in [0.25, 0.3) is 0 Å². The topological polar surface area (TPSA) is 59.5 Å². The molecule has 0 aliphatic rings. The van der Waals surface area contributed by atoms with Crippen LogP contribution >= 0.6 is 0 Å². The van der Waals surface area contributed by atoms with Crippen molar-refractivity contribution in [2.75, 3.05) is 7.05 Å². The average Bonchev–Trinajstić information content (AvgIpc) is 3.38. The lowest BCUT2D eigenvalue weighted by Gasteiger charge is -2.23. The predicted octanol–water partition coefficient (Wildman–Crippen LogP) is 5.38. The second-order valence-corrected chi connectivity index (χ2v) is 6.99. The molecule has 0 saturated heterocycles. The minimum Gasteiger partial charge on any atom is -0.459 e. The molecule has 0 aliphatic carbocycles. The molecule has 148 valence electrons. The number of carbonyl (C=O) groups is 1. The summed E-state index contributed by atoms with van der Waals surface area (Å²) in [4.78, 5) is 18.5. The highest BCUT2D eigenvalue weighted by Crippen LogP contribution is 2.27. The molecule has 2 aromatic carbocycles. The van der Waals surface area contributed by atoms with Gasteiger partial charge in [0.05, 0.1) is 12.2 Å². The monoisotopic (exact) mass is 392 g/mol. The van der Waals surface area contributed by atoms with Crippen molar-refractivity contribution in [3.63, 3.8) is 0 Å². The molecule has 6 heteroatoms. The lowest BCUT2D eigenvalue weighted by Crippen LogP contribution is -2.29. The summed E-state index contributed by atoms with van der Waals surface area (Å²) in [6.45, 7) is 1.94. The minimum atomic E-state index is -0.305. The van der Waals surface area contributed by atoms with Gasteiger partial charge < -0.3 is 13.7 Å². The Balaban J connectivity index is 1.38. The summed E-state index contributed by atoms with van der Waals surface area (Å²) in [7, 11) is 1.76. The highest BCUT2D eigenvalue weighted by molar-refractivity contribution is 5.79. The normalized spacial score (nSPS) is 12.2. The van der Waals surface area contributed by atoms with Gasteiger partial charge in [-0.1, -0.05) is 18.2 Å². The van der Waals surface area contributed by atoms with E-state index in [1.165, 1.54) is 12.1 Å². The van der Waals surface area contributed by atoms with Crippen LogP contribution in [0, 0.1) is 5.82 Å². The van der Waals surface area contributed by atoms with Crippen LogP contribution in [0.3, 0.4) is 0 Å². The van der Waals surface area contributed by atoms with Crippen molar-refractivity contribution < 1.29 is 18.0 Å². The molecule has 29 heavy (non-hydrogen) atoms. The molecule has 0 aliphatic heterocycles. The maximum absolute atomic E-state index is 13.0. The van der Waals surface area contributed by atoms with Crippen LogP contribution in [0.15, 0.2) is 69.6 Å². The highest BCUT2D eigenvalue weighted by atomic mass is 19.1. The number of oxazole rings is 1. The third-order valence-corrected chi connectivity index (χ3v) is 5.07. The van der Waals surface area contributed by atoms with E-state index in [2.05, 4.69) is 4.98 Å². The Labute approximate surface area is 167 Å². The van der Waals surface area contributed by atoms with Crippen LogP contribution in [-0.2, 0) is 11.2 Å². The maximum atomic E-state index is 13.0. The maximum Gasteiger partial charge on any atom is 0.223 e. The first kappa shape index (κ1) is 18.9. The Kier molecular flexibility index (Phi) is 5.16. The zero-order chi connectivity index (χ0) is 20.4. The number of para-hydroxylation sites is 1. The third-order valence-electron chi connectivity index (χ3n) is 5.07. The summed E-state index contributed by atoms with van der Waals surface area (Å²) < 4.78 is 24.6. The zero-order valence-electron chi connectivity index (χ0n) is 16.3. The smallest absolute Gasteiger partial charge is 0.223 e. The minimum absolute atomic E-state index is 0.0283. The summed E-state index contributed by atoms with van der Waals surface area (Å²) in [5, 5.41) is 1.02. The van der Waals surface area contributed by atoms with Crippen molar-refractivity contribution in [1.82, 2.24) is 9.88 Å². The number of furan rings is 1. The number of carbonyl (C=O) groups excluding carboxylic acids is 1. The van der Waals surface area contributed by atoms with Gasteiger partial charge in [0, 0.05) is 30.8 Å². The SMILES string of the molecule is CC(c1cc2ccccc2o1)N(C)C(=O)CCc1ncc(-c2ccc(F)cc2)o1. The van der Waals surface area contributed by atoms with Crippen LogP contribution < -0.4 is 0 Å². The van der Waals surface area contributed by atoms with Crippen LogP contribution in [0.5, 0.6) is 0 Å². The Morgan fingerprint density at radius 1 is 1.14 bits per heavy atom. The van der Waals surface area contributed by atoms with Gasteiger partial charge in [-0.25, -0.2) is 9.37 Å². The zero-order valence-corrected chi connectivity index (χ0v) is 16.3. The summed E-state index contributed by atoms with van der Waals surface area (Å²) in [5.74, 6) is 1.44. The van der Waals surface area contributed by atoms with Gasteiger partial charge in [0.1, 0.15) is 17.2 Å². The van der Waals surface area contributed by atoms with Gasteiger partial charge in [-0.2, -0.15) is 0 Å². The first-order chi connectivity index (χ1) is 14.0.